The number of phenolic OH excluding ortho intramolecular Hbond substituents is 1. The Morgan fingerprint density at radius 3 is 3.00 bits per heavy atom. The third kappa shape index (κ3) is 2.39. The lowest BCUT2D eigenvalue weighted by atomic mass is 10.1. The van der Waals surface area contributed by atoms with Crippen molar-refractivity contribution in [2.24, 2.45) is 0 Å². The van der Waals surface area contributed by atoms with Gasteiger partial charge in [0.25, 0.3) is 5.91 Å². The summed E-state index contributed by atoms with van der Waals surface area (Å²) >= 11 is 5.86. The van der Waals surface area contributed by atoms with Gasteiger partial charge in [0.1, 0.15) is 5.75 Å². The molecule has 92 valence electrons. The fraction of sp³-hybridized carbons (Fsp3) is 0.462. The standard InChI is InChI=1S/C13H16ClNO2/c1-9-7-10(4-5-12(9)16)13(17)15-6-2-3-11(15)8-14/h4-5,7,11,16H,2-3,6,8H2,1H3. The van der Waals surface area contributed by atoms with E-state index in [1.807, 2.05) is 4.90 Å². The lowest BCUT2D eigenvalue weighted by Crippen LogP contribution is -2.36. The van der Waals surface area contributed by atoms with Gasteiger partial charge in [0.05, 0.1) is 0 Å². The van der Waals surface area contributed by atoms with Gasteiger partial charge in [-0.1, -0.05) is 0 Å². The smallest absolute Gasteiger partial charge is 0.254 e. The van der Waals surface area contributed by atoms with Gasteiger partial charge in [0.15, 0.2) is 0 Å². The van der Waals surface area contributed by atoms with E-state index in [1.165, 1.54) is 0 Å². The first-order valence-corrected chi connectivity index (χ1v) is 6.33. The summed E-state index contributed by atoms with van der Waals surface area (Å²) in [7, 11) is 0. The molecule has 0 saturated carbocycles. The summed E-state index contributed by atoms with van der Waals surface area (Å²) in [5.41, 5.74) is 1.34. The van der Waals surface area contributed by atoms with Crippen molar-refractivity contribution in [3.63, 3.8) is 0 Å². The van der Waals surface area contributed by atoms with Crippen molar-refractivity contribution >= 4 is 17.5 Å². The molecule has 1 fully saturated rings. The molecule has 17 heavy (non-hydrogen) atoms. The van der Waals surface area contributed by atoms with Gasteiger partial charge in [-0.15, -0.1) is 11.6 Å². The van der Waals surface area contributed by atoms with Crippen molar-refractivity contribution in [3.05, 3.63) is 29.3 Å². The maximum Gasteiger partial charge on any atom is 0.254 e. The van der Waals surface area contributed by atoms with Crippen LogP contribution in [0.2, 0.25) is 0 Å². The Balaban J connectivity index is 2.21. The Labute approximate surface area is 106 Å². The number of phenols is 1. The van der Waals surface area contributed by atoms with Crippen molar-refractivity contribution in [1.29, 1.82) is 0 Å². The largest absolute Gasteiger partial charge is 0.508 e. The number of rotatable bonds is 2. The molecule has 0 radical (unpaired) electrons. The third-order valence-corrected chi connectivity index (χ3v) is 3.62. The molecule has 1 aliphatic rings. The monoisotopic (exact) mass is 253 g/mol. The molecule has 1 aromatic carbocycles. The van der Waals surface area contributed by atoms with Crippen molar-refractivity contribution in [2.45, 2.75) is 25.8 Å². The first-order valence-electron chi connectivity index (χ1n) is 5.80. The highest BCUT2D eigenvalue weighted by molar-refractivity contribution is 6.18. The molecular weight excluding hydrogens is 238 g/mol. The molecule has 0 aromatic heterocycles. The summed E-state index contributed by atoms with van der Waals surface area (Å²) in [5.74, 6) is 0.719. The minimum atomic E-state index is 0.0104. The molecule has 1 aliphatic heterocycles. The number of aromatic hydroxyl groups is 1. The van der Waals surface area contributed by atoms with Gasteiger partial charge >= 0.3 is 0 Å². The van der Waals surface area contributed by atoms with E-state index in [0.29, 0.717) is 11.4 Å². The molecule has 2 rings (SSSR count). The minimum absolute atomic E-state index is 0.0104. The minimum Gasteiger partial charge on any atom is -0.508 e. The summed E-state index contributed by atoms with van der Waals surface area (Å²) in [6.45, 7) is 2.56. The lowest BCUT2D eigenvalue weighted by molar-refractivity contribution is 0.0749. The van der Waals surface area contributed by atoms with Gasteiger partial charge in [0.2, 0.25) is 0 Å². The summed E-state index contributed by atoms with van der Waals surface area (Å²) in [6.07, 6.45) is 1.99. The van der Waals surface area contributed by atoms with Crippen molar-refractivity contribution in [2.75, 3.05) is 12.4 Å². The predicted octanol–water partition coefficient (Wildman–Crippen LogP) is 2.54. The second kappa shape index (κ2) is 4.96. The molecule has 0 aliphatic carbocycles. The number of amides is 1. The van der Waals surface area contributed by atoms with Gasteiger partial charge in [-0.05, 0) is 43.5 Å². The summed E-state index contributed by atoms with van der Waals surface area (Å²) in [4.78, 5) is 14.1. The van der Waals surface area contributed by atoms with E-state index >= 15 is 0 Å². The number of halogens is 1. The van der Waals surface area contributed by atoms with Crippen molar-refractivity contribution in [3.8, 4) is 5.75 Å². The number of alkyl halides is 1. The summed E-state index contributed by atoms with van der Waals surface area (Å²) < 4.78 is 0. The third-order valence-electron chi connectivity index (χ3n) is 3.26. The SMILES string of the molecule is Cc1cc(C(=O)N2CCCC2CCl)ccc1O. The number of nitrogens with zero attached hydrogens (tertiary/aromatic N) is 1. The van der Waals surface area contributed by atoms with Gasteiger partial charge < -0.3 is 10.0 Å². The Hall–Kier alpha value is -1.22. The predicted molar refractivity (Wildman–Crippen MR) is 67.6 cm³/mol. The second-order valence-electron chi connectivity index (χ2n) is 4.45. The highest BCUT2D eigenvalue weighted by Gasteiger charge is 2.28. The highest BCUT2D eigenvalue weighted by Crippen LogP contribution is 2.23. The quantitative estimate of drug-likeness (QED) is 0.823. The molecule has 0 spiro atoms. The van der Waals surface area contributed by atoms with E-state index in [4.69, 9.17) is 11.6 Å². The highest BCUT2D eigenvalue weighted by atomic mass is 35.5. The number of carbonyl (C=O) groups excluding carboxylic acids is 1. The topological polar surface area (TPSA) is 40.5 Å². The first-order chi connectivity index (χ1) is 8.13. The van der Waals surface area contributed by atoms with Gasteiger partial charge in [0, 0.05) is 24.0 Å². The fourth-order valence-corrected chi connectivity index (χ4v) is 2.54. The molecule has 4 heteroatoms. The molecule has 3 nitrogen and oxygen atoms in total. The van der Waals surface area contributed by atoms with Crippen LogP contribution in [0.4, 0.5) is 0 Å². The van der Waals surface area contributed by atoms with Crippen LogP contribution < -0.4 is 0 Å². The van der Waals surface area contributed by atoms with E-state index in [2.05, 4.69) is 0 Å². The van der Waals surface area contributed by atoms with Crippen LogP contribution in [0.3, 0.4) is 0 Å². The molecule has 1 heterocycles. The number of benzene rings is 1. The molecule has 1 amide bonds. The average Bonchev–Trinajstić information content (AvgIpc) is 2.80. The van der Waals surface area contributed by atoms with Gasteiger partial charge in [-0.3, -0.25) is 4.79 Å². The van der Waals surface area contributed by atoms with Crippen LogP contribution in [0.15, 0.2) is 18.2 Å². The second-order valence-corrected chi connectivity index (χ2v) is 4.76. The van der Waals surface area contributed by atoms with E-state index in [9.17, 15) is 9.90 Å². The molecule has 1 N–H and O–H groups in total. The van der Waals surface area contributed by atoms with E-state index in [1.54, 1.807) is 25.1 Å². The number of likely N-dealkylation sites (tertiary alicyclic amines) is 1. The molecule has 1 atom stereocenters. The molecule has 1 aromatic rings. The van der Waals surface area contributed by atoms with Crippen LogP contribution in [-0.4, -0.2) is 34.4 Å². The van der Waals surface area contributed by atoms with Crippen LogP contribution in [-0.2, 0) is 0 Å². The summed E-state index contributed by atoms with van der Waals surface area (Å²) in [5, 5.41) is 9.44. The summed E-state index contributed by atoms with van der Waals surface area (Å²) in [6, 6.07) is 5.10. The molecular formula is C13H16ClNO2. The normalized spacial score (nSPS) is 19.6. The fourth-order valence-electron chi connectivity index (χ4n) is 2.22. The first kappa shape index (κ1) is 12.2. The van der Waals surface area contributed by atoms with Crippen LogP contribution in [0.1, 0.15) is 28.8 Å². The lowest BCUT2D eigenvalue weighted by Gasteiger charge is -2.23. The van der Waals surface area contributed by atoms with Crippen LogP contribution >= 0.6 is 11.6 Å². The van der Waals surface area contributed by atoms with Crippen molar-refractivity contribution in [1.82, 2.24) is 4.90 Å². The number of aryl methyl sites for hydroxylation is 1. The zero-order valence-corrected chi connectivity index (χ0v) is 10.6. The Kier molecular flexibility index (Phi) is 3.57. The van der Waals surface area contributed by atoms with E-state index < -0.39 is 0 Å². The Morgan fingerprint density at radius 1 is 1.59 bits per heavy atom. The number of hydrogen-bond acceptors (Lipinski definition) is 2. The zero-order valence-electron chi connectivity index (χ0n) is 9.82. The molecule has 1 unspecified atom stereocenters. The Morgan fingerprint density at radius 2 is 2.35 bits per heavy atom. The maximum atomic E-state index is 12.3. The van der Waals surface area contributed by atoms with Gasteiger partial charge in [-0.25, -0.2) is 0 Å². The average molecular weight is 254 g/mol. The van der Waals surface area contributed by atoms with Crippen LogP contribution in [0.25, 0.3) is 0 Å². The van der Waals surface area contributed by atoms with Crippen LogP contribution in [0.5, 0.6) is 5.75 Å². The molecule has 0 bridgehead atoms. The number of carbonyl (C=O) groups is 1. The number of hydrogen-bond donors (Lipinski definition) is 1. The Bertz CT molecular complexity index is 433. The van der Waals surface area contributed by atoms with Gasteiger partial charge in [-0.2, -0.15) is 0 Å². The maximum absolute atomic E-state index is 12.3. The zero-order chi connectivity index (χ0) is 12.4. The molecule has 1 saturated heterocycles. The van der Waals surface area contributed by atoms with Crippen LogP contribution in [0, 0.1) is 6.92 Å². The van der Waals surface area contributed by atoms with E-state index in [0.717, 1.165) is 24.9 Å². The van der Waals surface area contributed by atoms with Crippen molar-refractivity contribution < 1.29 is 9.90 Å². The van der Waals surface area contributed by atoms with E-state index in [-0.39, 0.29) is 17.7 Å².